The number of hydrogen-bond acceptors (Lipinski definition) is 4. The quantitative estimate of drug-likeness (QED) is 0.161. The topological polar surface area (TPSA) is 56.7 Å². The minimum absolute atomic E-state index is 0.587. The second-order valence-corrected chi connectivity index (χ2v) is 15.6. The van der Waals surface area contributed by atoms with Crippen molar-refractivity contribution in [3.8, 4) is 73.2 Å². The number of fused-ring (bicyclic) bond motifs is 7. The Hall–Kier alpha value is -8.41. The second kappa shape index (κ2) is 14.7. The zero-order chi connectivity index (χ0) is 41.0. The first-order valence-electron chi connectivity index (χ1n) is 20.9. The maximum absolute atomic E-state index is 6.75. The van der Waals surface area contributed by atoms with Crippen LogP contribution in [0.15, 0.2) is 223 Å². The van der Waals surface area contributed by atoms with E-state index in [9.17, 15) is 0 Å². The van der Waals surface area contributed by atoms with Crippen LogP contribution in [0.4, 0.5) is 0 Å². The summed E-state index contributed by atoms with van der Waals surface area (Å²) in [6, 6.07) is 76.1. The summed E-state index contributed by atoms with van der Waals surface area (Å²) in [7, 11) is 0. The number of para-hydroxylation sites is 3. The van der Waals surface area contributed by atoms with Crippen LogP contribution in [0, 0.1) is 0 Å². The van der Waals surface area contributed by atoms with Crippen molar-refractivity contribution in [3.05, 3.63) is 218 Å². The Labute approximate surface area is 357 Å². The molecular weight excluding hydrogens is 757 g/mol. The van der Waals surface area contributed by atoms with Crippen LogP contribution >= 0.6 is 0 Å². The first-order chi connectivity index (χ1) is 30.7. The fourth-order valence-corrected chi connectivity index (χ4v) is 9.00. The highest BCUT2D eigenvalue weighted by atomic mass is 16.3. The van der Waals surface area contributed by atoms with Crippen LogP contribution in [0.3, 0.4) is 0 Å². The van der Waals surface area contributed by atoms with Crippen molar-refractivity contribution in [2.24, 2.45) is 0 Å². The van der Waals surface area contributed by atoms with E-state index in [2.05, 4.69) is 187 Å². The minimum Gasteiger partial charge on any atom is -0.455 e. The lowest BCUT2D eigenvalue weighted by Crippen LogP contribution is -2.03. The summed E-state index contributed by atoms with van der Waals surface area (Å²) >= 11 is 0. The molecule has 0 unspecified atom stereocenters. The lowest BCUT2D eigenvalue weighted by atomic mass is 9.96. The van der Waals surface area contributed by atoms with Crippen LogP contribution in [-0.2, 0) is 0 Å². The van der Waals surface area contributed by atoms with Gasteiger partial charge in [-0.1, -0.05) is 170 Å². The zero-order valence-electron chi connectivity index (χ0n) is 33.5. The molecule has 3 heterocycles. The number of rotatable bonds is 7. The van der Waals surface area contributed by atoms with E-state index < -0.39 is 0 Å². The lowest BCUT2D eigenvalue weighted by Gasteiger charge is -2.15. The van der Waals surface area contributed by atoms with Crippen molar-refractivity contribution >= 4 is 43.7 Å². The Bertz CT molecular complexity index is 3560. The maximum atomic E-state index is 6.75. The summed E-state index contributed by atoms with van der Waals surface area (Å²) in [6.07, 6.45) is 0. The molecular formula is C57H36N4O. The number of benzene rings is 9. The predicted molar refractivity (Wildman–Crippen MR) is 254 cm³/mol. The van der Waals surface area contributed by atoms with E-state index in [0.29, 0.717) is 17.5 Å². The third kappa shape index (κ3) is 5.98. The van der Waals surface area contributed by atoms with Crippen molar-refractivity contribution in [3.63, 3.8) is 0 Å². The Kier molecular flexibility index (Phi) is 8.42. The zero-order valence-corrected chi connectivity index (χ0v) is 33.5. The Morgan fingerprint density at radius 2 is 0.839 bits per heavy atom. The van der Waals surface area contributed by atoms with Gasteiger partial charge in [-0.2, -0.15) is 0 Å². The highest BCUT2D eigenvalue weighted by molar-refractivity contribution is 6.28. The molecule has 0 amide bonds. The van der Waals surface area contributed by atoms with E-state index in [1.54, 1.807) is 0 Å². The van der Waals surface area contributed by atoms with Crippen LogP contribution in [0.2, 0.25) is 0 Å². The average Bonchev–Trinajstić information content (AvgIpc) is 3.91. The maximum Gasteiger partial charge on any atom is 0.166 e. The van der Waals surface area contributed by atoms with Crippen molar-refractivity contribution in [2.75, 3.05) is 0 Å². The molecule has 0 spiro atoms. The van der Waals surface area contributed by atoms with Crippen molar-refractivity contribution in [2.45, 2.75) is 0 Å². The first-order valence-corrected chi connectivity index (χ1v) is 20.9. The van der Waals surface area contributed by atoms with Gasteiger partial charge in [0.2, 0.25) is 0 Å². The molecule has 0 saturated carbocycles. The van der Waals surface area contributed by atoms with Crippen LogP contribution in [-0.4, -0.2) is 19.5 Å². The van der Waals surface area contributed by atoms with Gasteiger partial charge in [0.25, 0.3) is 0 Å². The van der Waals surface area contributed by atoms with E-state index in [1.807, 2.05) is 36.4 Å². The average molecular weight is 793 g/mol. The standard InChI is InChI=1S/C57H36N4O/c1-5-18-37(19-6-1)41-34-42(38-20-7-2-8-21-38)36-43(35-41)56-58-55(40-24-11-4-12-25-40)59-57(60-56)46-27-14-16-31-49(46)61-48-30-15-13-26-45(48)52-50(61)32-33-51-53(52)47-29-17-28-44(54(47)62-51)39-22-9-3-10-23-39/h1-36H. The summed E-state index contributed by atoms with van der Waals surface area (Å²) in [4.78, 5) is 15.8. The number of furan rings is 1. The molecule has 0 aliphatic carbocycles. The molecule has 0 fully saturated rings. The molecule has 5 heteroatoms. The molecule has 0 aliphatic rings. The molecule has 0 atom stereocenters. The monoisotopic (exact) mass is 792 g/mol. The van der Waals surface area contributed by atoms with E-state index >= 15 is 0 Å². The van der Waals surface area contributed by atoms with Gasteiger partial charge in [0.05, 0.1) is 16.7 Å². The van der Waals surface area contributed by atoms with E-state index in [1.165, 1.54) is 0 Å². The largest absolute Gasteiger partial charge is 0.455 e. The van der Waals surface area contributed by atoms with Gasteiger partial charge in [-0.05, 0) is 76.3 Å². The normalized spacial score (nSPS) is 11.5. The summed E-state index contributed by atoms with van der Waals surface area (Å²) in [6.45, 7) is 0. The number of hydrogen-bond donors (Lipinski definition) is 0. The Morgan fingerprint density at radius 1 is 0.323 bits per heavy atom. The fourth-order valence-electron chi connectivity index (χ4n) is 9.00. The molecule has 5 nitrogen and oxygen atoms in total. The highest BCUT2D eigenvalue weighted by Gasteiger charge is 2.23. The van der Waals surface area contributed by atoms with Crippen molar-refractivity contribution < 1.29 is 4.42 Å². The molecule has 0 saturated heterocycles. The number of aromatic nitrogens is 4. The lowest BCUT2D eigenvalue weighted by molar-refractivity contribution is 0.670. The third-order valence-electron chi connectivity index (χ3n) is 11.8. The molecule has 12 aromatic rings. The van der Waals surface area contributed by atoms with Gasteiger partial charge in [-0.15, -0.1) is 0 Å². The van der Waals surface area contributed by atoms with Gasteiger partial charge >= 0.3 is 0 Å². The molecule has 0 N–H and O–H groups in total. The molecule has 3 aromatic heterocycles. The smallest absolute Gasteiger partial charge is 0.166 e. The molecule has 290 valence electrons. The summed E-state index contributed by atoms with van der Waals surface area (Å²) in [5.74, 6) is 1.79. The van der Waals surface area contributed by atoms with Gasteiger partial charge in [-0.3, -0.25) is 0 Å². The van der Waals surface area contributed by atoms with Crippen LogP contribution in [0.25, 0.3) is 117 Å². The Balaban J connectivity index is 1.10. The molecule has 0 aliphatic heterocycles. The summed E-state index contributed by atoms with van der Waals surface area (Å²) in [5.41, 5.74) is 14.2. The summed E-state index contributed by atoms with van der Waals surface area (Å²) in [5, 5.41) is 4.47. The van der Waals surface area contributed by atoms with E-state index in [0.717, 1.165) is 99.5 Å². The minimum atomic E-state index is 0.587. The highest BCUT2D eigenvalue weighted by Crippen LogP contribution is 2.44. The SMILES string of the molecule is c1ccc(-c2cc(-c3ccccc3)cc(-c3nc(-c4ccccc4)nc(-c4ccccc4-n4c5ccccc5c5c6c(ccc54)oc4c(-c5ccccc5)cccc46)n3)c2)cc1. The van der Waals surface area contributed by atoms with Crippen molar-refractivity contribution in [1.82, 2.24) is 19.5 Å². The predicted octanol–water partition coefficient (Wildman–Crippen LogP) is 14.9. The molecule has 0 bridgehead atoms. The van der Waals surface area contributed by atoms with Gasteiger partial charge < -0.3 is 8.98 Å². The van der Waals surface area contributed by atoms with E-state index in [-0.39, 0.29) is 0 Å². The van der Waals surface area contributed by atoms with Crippen LogP contribution < -0.4 is 0 Å². The third-order valence-corrected chi connectivity index (χ3v) is 11.8. The first kappa shape index (κ1) is 35.5. The van der Waals surface area contributed by atoms with E-state index in [4.69, 9.17) is 19.4 Å². The van der Waals surface area contributed by atoms with Crippen LogP contribution in [0.5, 0.6) is 0 Å². The number of nitrogens with zero attached hydrogens (tertiary/aromatic N) is 4. The Morgan fingerprint density at radius 3 is 1.53 bits per heavy atom. The van der Waals surface area contributed by atoms with Gasteiger partial charge in [0, 0.05) is 43.8 Å². The second-order valence-electron chi connectivity index (χ2n) is 15.6. The molecule has 62 heavy (non-hydrogen) atoms. The fraction of sp³-hybridized carbons (Fsp3) is 0. The van der Waals surface area contributed by atoms with Gasteiger partial charge in [0.15, 0.2) is 17.5 Å². The molecule has 9 aromatic carbocycles. The molecule has 12 rings (SSSR count). The van der Waals surface area contributed by atoms with Gasteiger partial charge in [0.1, 0.15) is 11.2 Å². The van der Waals surface area contributed by atoms with Crippen molar-refractivity contribution in [1.29, 1.82) is 0 Å². The summed E-state index contributed by atoms with van der Waals surface area (Å²) < 4.78 is 9.11. The van der Waals surface area contributed by atoms with Crippen LogP contribution in [0.1, 0.15) is 0 Å². The molecule has 0 radical (unpaired) electrons. The van der Waals surface area contributed by atoms with Gasteiger partial charge in [-0.25, -0.2) is 15.0 Å².